The Kier molecular flexibility index (Phi) is 4.52. The van der Waals surface area contributed by atoms with Crippen molar-refractivity contribution in [2.45, 2.75) is 51.2 Å². The van der Waals surface area contributed by atoms with Crippen LogP contribution in [-0.4, -0.2) is 54.5 Å². The molecule has 0 unspecified atom stereocenters. The van der Waals surface area contributed by atoms with Crippen LogP contribution < -0.4 is 5.32 Å². The predicted molar refractivity (Wildman–Crippen MR) is 92.9 cm³/mol. The van der Waals surface area contributed by atoms with Gasteiger partial charge in [-0.05, 0) is 45.1 Å². The van der Waals surface area contributed by atoms with E-state index < -0.39 is 0 Å². The molecule has 134 valence electrons. The van der Waals surface area contributed by atoms with Gasteiger partial charge in [0, 0.05) is 12.1 Å². The van der Waals surface area contributed by atoms with Crippen molar-refractivity contribution >= 4 is 11.7 Å². The van der Waals surface area contributed by atoms with Gasteiger partial charge in [-0.3, -0.25) is 14.4 Å². The van der Waals surface area contributed by atoms with E-state index in [0.717, 1.165) is 31.7 Å². The second-order valence-corrected chi connectivity index (χ2v) is 7.17. The van der Waals surface area contributed by atoms with Crippen LogP contribution in [0.1, 0.15) is 38.6 Å². The van der Waals surface area contributed by atoms with Crippen LogP contribution in [0.25, 0.3) is 0 Å². The summed E-state index contributed by atoms with van der Waals surface area (Å²) in [5.74, 6) is 1.52. The molecule has 2 aromatic heterocycles. The zero-order valence-corrected chi connectivity index (χ0v) is 14.6. The number of likely N-dealkylation sites (tertiary alicyclic amines) is 1. The quantitative estimate of drug-likeness (QED) is 0.825. The van der Waals surface area contributed by atoms with Crippen LogP contribution in [0.3, 0.4) is 0 Å². The average molecular weight is 343 g/mol. The molecule has 0 spiro atoms. The van der Waals surface area contributed by atoms with Gasteiger partial charge in [-0.2, -0.15) is 10.2 Å². The van der Waals surface area contributed by atoms with Gasteiger partial charge in [-0.1, -0.05) is 0 Å². The summed E-state index contributed by atoms with van der Waals surface area (Å²) < 4.78 is 3.79. The van der Waals surface area contributed by atoms with E-state index in [1.807, 2.05) is 15.4 Å². The summed E-state index contributed by atoms with van der Waals surface area (Å²) >= 11 is 0. The number of nitrogens with zero attached hydrogens (tertiary/aromatic N) is 6. The van der Waals surface area contributed by atoms with Gasteiger partial charge in [0.25, 0.3) is 0 Å². The van der Waals surface area contributed by atoms with Crippen molar-refractivity contribution in [2.75, 3.05) is 18.4 Å². The normalized spacial score (nSPS) is 22.2. The Morgan fingerprint density at radius 1 is 1.36 bits per heavy atom. The van der Waals surface area contributed by atoms with Gasteiger partial charge >= 0.3 is 0 Å². The summed E-state index contributed by atoms with van der Waals surface area (Å²) in [6, 6.07) is 2.56. The summed E-state index contributed by atoms with van der Waals surface area (Å²) in [4.78, 5) is 18.8. The molecule has 0 aromatic carbocycles. The first-order valence-electron chi connectivity index (χ1n) is 9.10. The van der Waals surface area contributed by atoms with Crippen LogP contribution in [-0.2, 0) is 11.3 Å². The van der Waals surface area contributed by atoms with Gasteiger partial charge in [0.15, 0.2) is 0 Å². The smallest absolute Gasteiger partial charge is 0.239 e. The molecule has 8 heteroatoms. The van der Waals surface area contributed by atoms with Crippen LogP contribution >= 0.6 is 0 Å². The van der Waals surface area contributed by atoms with Crippen molar-refractivity contribution in [1.82, 2.24) is 29.4 Å². The lowest BCUT2D eigenvalue weighted by Gasteiger charge is -2.24. The third kappa shape index (κ3) is 3.73. The second-order valence-electron chi connectivity index (χ2n) is 7.17. The van der Waals surface area contributed by atoms with E-state index in [-0.39, 0.29) is 5.91 Å². The molecule has 4 rings (SSSR count). The molecule has 1 saturated heterocycles. The monoisotopic (exact) mass is 343 g/mol. The van der Waals surface area contributed by atoms with Crippen molar-refractivity contribution in [2.24, 2.45) is 5.92 Å². The van der Waals surface area contributed by atoms with E-state index in [2.05, 4.69) is 32.3 Å². The third-order valence-corrected chi connectivity index (χ3v) is 5.34. The molecule has 0 bridgehead atoms. The van der Waals surface area contributed by atoms with Gasteiger partial charge < -0.3 is 5.32 Å². The number of aromatic nitrogens is 5. The topological polar surface area (TPSA) is 80.9 Å². The van der Waals surface area contributed by atoms with Crippen LogP contribution in [0.5, 0.6) is 0 Å². The van der Waals surface area contributed by atoms with Crippen LogP contribution in [0.4, 0.5) is 5.82 Å². The lowest BCUT2D eigenvalue weighted by atomic mass is 10.2. The highest BCUT2D eigenvalue weighted by Crippen LogP contribution is 2.40. The van der Waals surface area contributed by atoms with Crippen molar-refractivity contribution in [1.29, 1.82) is 0 Å². The fraction of sp³-hybridized carbons (Fsp3) is 0.647. The zero-order valence-electron chi connectivity index (χ0n) is 14.6. The molecule has 2 aromatic rings. The summed E-state index contributed by atoms with van der Waals surface area (Å²) in [5, 5.41) is 11.6. The number of carbonyl (C=O) groups is 1. The molecule has 1 amide bonds. The molecule has 25 heavy (non-hydrogen) atoms. The Morgan fingerprint density at radius 2 is 2.24 bits per heavy atom. The maximum atomic E-state index is 12.5. The number of anilines is 1. The lowest BCUT2D eigenvalue weighted by molar-refractivity contribution is -0.117. The first kappa shape index (κ1) is 16.3. The van der Waals surface area contributed by atoms with Gasteiger partial charge in [0.05, 0.1) is 25.3 Å². The van der Waals surface area contributed by atoms with Gasteiger partial charge in [0.1, 0.15) is 18.5 Å². The van der Waals surface area contributed by atoms with Crippen LogP contribution in [0.15, 0.2) is 24.9 Å². The first-order valence-corrected chi connectivity index (χ1v) is 9.10. The fourth-order valence-electron chi connectivity index (χ4n) is 3.74. The number of nitrogens with one attached hydrogen (secondary N) is 1. The Balaban J connectivity index is 1.35. The molecular formula is C17H25N7O. The molecular weight excluding hydrogens is 318 g/mol. The number of hydrogen-bond donors (Lipinski definition) is 1. The standard InChI is InChI=1S/C17H25N7O/c1-13(14-4-5-14)24-16(6-7-19-24)21-17(25)10-22-8-2-3-15(22)9-23-12-18-11-20-23/h6-7,11-15H,2-5,8-10H2,1H3,(H,21,25)/t13-,15+/m0/s1. The molecule has 2 aliphatic rings. The van der Waals surface area contributed by atoms with E-state index in [0.29, 0.717) is 24.5 Å². The zero-order chi connectivity index (χ0) is 17.2. The Morgan fingerprint density at radius 3 is 3.00 bits per heavy atom. The molecule has 2 fully saturated rings. The van der Waals surface area contributed by atoms with Crippen molar-refractivity contribution in [3.05, 3.63) is 24.9 Å². The minimum Gasteiger partial charge on any atom is -0.310 e. The molecule has 1 saturated carbocycles. The second kappa shape index (κ2) is 6.95. The van der Waals surface area contributed by atoms with Crippen molar-refractivity contribution < 1.29 is 4.79 Å². The van der Waals surface area contributed by atoms with Crippen molar-refractivity contribution in [3.63, 3.8) is 0 Å². The lowest BCUT2D eigenvalue weighted by Crippen LogP contribution is -2.39. The SMILES string of the molecule is C[C@@H](C1CC1)n1nccc1NC(=O)CN1CCC[C@@H]1Cn1cncn1. The maximum absolute atomic E-state index is 12.5. The molecule has 2 atom stereocenters. The summed E-state index contributed by atoms with van der Waals surface area (Å²) in [6.07, 6.45) is 9.76. The molecule has 8 nitrogen and oxygen atoms in total. The van der Waals surface area contributed by atoms with E-state index >= 15 is 0 Å². The maximum Gasteiger partial charge on any atom is 0.239 e. The number of hydrogen-bond acceptors (Lipinski definition) is 5. The van der Waals surface area contributed by atoms with Gasteiger partial charge in [-0.25, -0.2) is 9.67 Å². The summed E-state index contributed by atoms with van der Waals surface area (Å²) in [7, 11) is 0. The first-order chi connectivity index (χ1) is 12.2. The largest absolute Gasteiger partial charge is 0.310 e. The molecule has 3 heterocycles. The third-order valence-electron chi connectivity index (χ3n) is 5.34. The molecule has 1 aliphatic heterocycles. The fourth-order valence-corrected chi connectivity index (χ4v) is 3.74. The van der Waals surface area contributed by atoms with E-state index in [1.54, 1.807) is 18.9 Å². The number of carbonyl (C=O) groups excluding carboxylic acids is 1. The van der Waals surface area contributed by atoms with Crippen LogP contribution in [0.2, 0.25) is 0 Å². The number of amides is 1. The minimum atomic E-state index is 0.0234. The van der Waals surface area contributed by atoms with Crippen LogP contribution in [0, 0.1) is 5.92 Å². The molecule has 0 radical (unpaired) electrons. The summed E-state index contributed by atoms with van der Waals surface area (Å²) in [6.45, 7) is 4.31. The Hall–Kier alpha value is -2.22. The Bertz CT molecular complexity index is 706. The van der Waals surface area contributed by atoms with E-state index in [1.165, 1.54) is 12.8 Å². The summed E-state index contributed by atoms with van der Waals surface area (Å²) in [5.41, 5.74) is 0. The predicted octanol–water partition coefficient (Wildman–Crippen LogP) is 1.55. The minimum absolute atomic E-state index is 0.0234. The molecule has 1 aliphatic carbocycles. The Labute approximate surface area is 147 Å². The number of rotatable bonds is 7. The van der Waals surface area contributed by atoms with Gasteiger partial charge in [-0.15, -0.1) is 0 Å². The molecule has 1 N–H and O–H groups in total. The van der Waals surface area contributed by atoms with E-state index in [9.17, 15) is 4.79 Å². The highest BCUT2D eigenvalue weighted by molar-refractivity contribution is 5.91. The van der Waals surface area contributed by atoms with E-state index in [4.69, 9.17) is 0 Å². The van der Waals surface area contributed by atoms with Crippen molar-refractivity contribution in [3.8, 4) is 0 Å². The highest BCUT2D eigenvalue weighted by atomic mass is 16.2. The highest BCUT2D eigenvalue weighted by Gasteiger charge is 2.31. The van der Waals surface area contributed by atoms with Gasteiger partial charge in [0.2, 0.25) is 5.91 Å². The average Bonchev–Trinajstić information content (AvgIpc) is 2.97.